The molecular formula is C22H25F2N7O3S. The lowest BCUT2D eigenvalue weighted by atomic mass is 9.92. The Balaban J connectivity index is 1.55. The highest BCUT2D eigenvalue weighted by atomic mass is 32.1. The van der Waals surface area contributed by atoms with E-state index in [-0.39, 0.29) is 39.6 Å². The Morgan fingerprint density at radius 1 is 1.26 bits per heavy atom. The Labute approximate surface area is 203 Å². The fraction of sp³-hybridized carbons (Fsp3) is 0.364. The average Bonchev–Trinajstić information content (AvgIpc) is 3.29. The molecule has 0 saturated carbocycles. The lowest BCUT2D eigenvalue weighted by molar-refractivity contribution is -0.138. The summed E-state index contributed by atoms with van der Waals surface area (Å²) in [5, 5.41) is 16.1. The van der Waals surface area contributed by atoms with Crippen molar-refractivity contribution in [3.8, 4) is 10.6 Å². The summed E-state index contributed by atoms with van der Waals surface area (Å²) in [5.74, 6) is -2.68. The van der Waals surface area contributed by atoms with Gasteiger partial charge in [-0.05, 0) is 30.9 Å². The van der Waals surface area contributed by atoms with Gasteiger partial charge >= 0.3 is 5.97 Å². The van der Waals surface area contributed by atoms with Gasteiger partial charge in [0.25, 0.3) is 5.91 Å². The second kappa shape index (κ2) is 9.96. The third-order valence-electron chi connectivity index (χ3n) is 6.04. The van der Waals surface area contributed by atoms with E-state index in [0.717, 1.165) is 23.5 Å². The van der Waals surface area contributed by atoms with Crippen LogP contribution < -0.4 is 21.7 Å². The largest absolute Gasteiger partial charge is 0.481 e. The van der Waals surface area contributed by atoms with Crippen LogP contribution in [-0.2, 0) is 11.8 Å². The molecule has 0 spiro atoms. The van der Waals surface area contributed by atoms with Crippen LogP contribution >= 0.6 is 11.3 Å². The molecule has 1 aliphatic heterocycles. The van der Waals surface area contributed by atoms with Gasteiger partial charge in [0.15, 0.2) is 11.5 Å². The van der Waals surface area contributed by atoms with E-state index in [2.05, 4.69) is 15.4 Å². The van der Waals surface area contributed by atoms with E-state index < -0.39 is 23.5 Å². The molecular weight excluding hydrogens is 480 g/mol. The van der Waals surface area contributed by atoms with Crippen LogP contribution in [0.3, 0.4) is 0 Å². The van der Waals surface area contributed by atoms with Gasteiger partial charge in [0, 0.05) is 32.6 Å². The number of carbonyl (C=O) groups is 2. The summed E-state index contributed by atoms with van der Waals surface area (Å²) in [6.07, 6.45) is 2.63. The van der Waals surface area contributed by atoms with Crippen LogP contribution in [0.2, 0.25) is 0 Å². The molecule has 186 valence electrons. The zero-order valence-electron chi connectivity index (χ0n) is 18.9. The molecule has 6 N–H and O–H groups in total. The molecule has 2 atom stereocenters. The number of carboxylic acids is 1. The summed E-state index contributed by atoms with van der Waals surface area (Å²) < 4.78 is 29.9. The number of thiazole rings is 1. The normalized spacial score (nSPS) is 18.3. The van der Waals surface area contributed by atoms with Gasteiger partial charge < -0.3 is 26.8 Å². The number of hydrogen-bond donors (Lipinski definition) is 4. The molecule has 0 unspecified atom stereocenters. The number of halogens is 2. The first-order valence-electron chi connectivity index (χ1n) is 10.9. The topological polar surface area (TPSA) is 152 Å². The van der Waals surface area contributed by atoms with E-state index in [1.54, 1.807) is 11.7 Å². The summed E-state index contributed by atoms with van der Waals surface area (Å²) in [7, 11) is 1.72. The number of amides is 1. The molecule has 1 amide bonds. The molecule has 35 heavy (non-hydrogen) atoms. The van der Waals surface area contributed by atoms with E-state index >= 15 is 0 Å². The molecule has 1 saturated heterocycles. The highest BCUT2D eigenvalue weighted by molar-refractivity contribution is 7.19. The Kier molecular flexibility index (Phi) is 6.98. The van der Waals surface area contributed by atoms with Gasteiger partial charge in [0.1, 0.15) is 27.3 Å². The van der Waals surface area contributed by atoms with Crippen LogP contribution in [0.5, 0.6) is 0 Å². The number of aromatic nitrogens is 3. The highest BCUT2D eigenvalue weighted by Crippen LogP contribution is 2.35. The highest BCUT2D eigenvalue weighted by Gasteiger charge is 2.29. The second-order valence-electron chi connectivity index (χ2n) is 8.37. The Bertz CT molecular complexity index is 1240. The quantitative estimate of drug-likeness (QED) is 0.399. The molecule has 1 aliphatic rings. The van der Waals surface area contributed by atoms with Gasteiger partial charge in [-0.2, -0.15) is 5.10 Å². The monoisotopic (exact) mass is 505 g/mol. The summed E-state index contributed by atoms with van der Waals surface area (Å²) in [6, 6.07) is 3.19. The molecule has 1 aromatic carbocycles. The molecule has 10 nitrogen and oxygen atoms in total. The van der Waals surface area contributed by atoms with Crippen molar-refractivity contribution in [2.45, 2.75) is 25.3 Å². The zero-order valence-corrected chi connectivity index (χ0v) is 19.7. The SMILES string of the molecule is Cn1ncc(NC(=O)c2nc(-c3c(F)cccc3F)sc2N)c1N1CC[C@H](CC(=O)O)[C@H](N)CC1. The van der Waals surface area contributed by atoms with Gasteiger partial charge in [-0.15, -0.1) is 0 Å². The summed E-state index contributed by atoms with van der Waals surface area (Å²) in [4.78, 5) is 30.3. The maximum Gasteiger partial charge on any atom is 0.303 e. The fourth-order valence-corrected chi connectivity index (χ4v) is 5.13. The minimum Gasteiger partial charge on any atom is -0.481 e. The van der Waals surface area contributed by atoms with Crippen LogP contribution in [0.4, 0.5) is 25.3 Å². The number of rotatable bonds is 6. The van der Waals surface area contributed by atoms with Crippen molar-refractivity contribution in [3.05, 3.63) is 41.7 Å². The van der Waals surface area contributed by atoms with Crippen molar-refractivity contribution in [1.29, 1.82) is 0 Å². The van der Waals surface area contributed by atoms with Crippen LogP contribution in [0.1, 0.15) is 29.8 Å². The maximum atomic E-state index is 14.2. The molecule has 1 fully saturated rings. The number of anilines is 3. The van der Waals surface area contributed by atoms with E-state index in [0.29, 0.717) is 37.4 Å². The zero-order chi connectivity index (χ0) is 25.3. The van der Waals surface area contributed by atoms with E-state index in [1.807, 2.05) is 4.90 Å². The molecule has 3 aromatic rings. The van der Waals surface area contributed by atoms with Crippen LogP contribution in [0, 0.1) is 17.6 Å². The minimum atomic E-state index is -0.886. The van der Waals surface area contributed by atoms with Crippen molar-refractivity contribution in [3.63, 3.8) is 0 Å². The summed E-state index contributed by atoms with van der Waals surface area (Å²) >= 11 is 0.813. The number of aliphatic carboxylic acids is 1. The number of benzene rings is 1. The molecule has 0 radical (unpaired) electrons. The standard InChI is InChI=1S/C22H25F2N7O3S/c1-30-22(31-7-5-11(9-16(32)33)14(25)6-8-31)15(10-27-30)28-20(34)18-19(26)35-21(29-18)17-12(23)3-2-4-13(17)24/h2-4,10-11,14H,5-9,25-26H2,1H3,(H,28,34)(H,32,33)/t11-,14-/m1/s1. The fourth-order valence-electron chi connectivity index (χ4n) is 4.26. The van der Waals surface area contributed by atoms with E-state index in [9.17, 15) is 18.4 Å². The van der Waals surface area contributed by atoms with Gasteiger partial charge in [-0.1, -0.05) is 17.4 Å². The Morgan fingerprint density at radius 3 is 2.63 bits per heavy atom. The molecule has 4 rings (SSSR count). The van der Waals surface area contributed by atoms with Crippen molar-refractivity contribution in [2.75, 3.05) is 29.0 Å². The number of nitrogens with two attached hydrogens (primary N) is 2. The van der Waals surface area contributed by atoms with Crippen molar-refractivity contribution in [1.82, 2.24) is 14.8 Å². The maximum absolute atomic E-state index is 14.2. The second-order valence-corrected chi connectivity index (χ2v) is 9.40. The Morgan fingerprint density at radius 2 is 1.94 bits per heavy atom. The molecule has 0 bridgehead atoms. The smallest absolute Gasteiger partial charge is 0.303 e. The van der Waals surface area contributed by atoms with Gasteiger partial charge in [-0.25, -0.2) is 13.8 Å². The first-order chi connectivity index (χ1) is 16.7. The molecule has 2 aromatic heterocycles. The van der Waals surface area contributed by atoms with Gasteiger partial charge in [0.05, 0.1) is 11.8 Å². The van der Waals surface area contributed by atoms with Gasteiger partial charge in [0.2, 0.25) is 0 Å². The number of nitrogens with one attached hydrogen (secondary N) is 1. The predicted octanol–water partition coefficient (Wildman–Crippen LogP) is 2.67. The number of hydrogen-bond acceptors (Lipinski definition) is 8. The predicted molar refractivity (Wildman–Crippen MR) is 128 cm³/mol. The number of aryl methyl sites for hydroxylation is 1. The van der Waals surface area contributed by atoms with Gasteiger partial charge in [-0.3, -0.25) is 14.3 Å². The average molecular weight is 506 g/mol. The number of nitrogen functional groups attached to an aromatic ring is 1. The Hall–Kier alpha value is -3.58. The van der Waals surface area contributed by atoms with E-state index in [4.69, 9.17) is 16.6 Å². The molecule has 13 heteroatoms. The third kappa shape index (κ3) is 5.10. The lowest BCUT2D eigenvalue weighted by Gasteiger charge is -2.24. The first-order valence-corrected chi connectivity index (χ1v) is 11.7. The van der Waals surface area contributed by atoms with Crippen LogP contribution in [-0.4, -0.2) is 50.9 Å². The van der Waals surface area contributed by atoms with Crippen molar-refractivity contribution < 1.29 is 23.5 Å². The molecule has 0 aliphatic carbocycles. The minimum absolute atomic E-state index is 0.00196. The van der Waals surface area contributed by atoms with Crippen molar-refractivity contribution in [2.24, 2.45) is 18.7 Å². The molecule has 3 heterocycles. The van der Waals surface area contributed by atoms with Crippen molar-refractivity contribution >= 4 is 39.7 Å². The summed E-state index contributed by atoms with van der Waals surface area (Å²) in [6.45, 7) is 1.08. The number of nitrogens with zero attached hydrogens (tertiary/aromatic N) is 4. The third-order valence-corrected chi connectivity index (χ3v) is 6.95. The van der Waals surface area contributed by atoms with E-state index in [1.165, 1.54) is 12.3 Å². The van der Waals surface area contributed by atoms with Crippen LogP contribution in [0.15, 0.2) is 24.4 Å². The number of carboxylic acid groups (broad SMARTS) is 1. The number of carbonyl (C=O) groups excluding carboxylic acids is 1. The lowest BCUT2D eigenvalue weighted by Crippen LogP contribution is -2.31. The van der Waals surface area contributed by atoms with Crippen LogP contribution in [0.25, 0.3) is 10.6 Å². The first kappa shape index (κ1) is 24.5. The summed E-state index contributed by atoms with van der Waals surface area (Å²) in [5.41, 5.74) is 12.1.